The fourth-order valence-corrected chi connectivity index (χ4v) is 2.30. The molecule has 2 rings (SSSR count). The summed E-state index contributed by atoms with van der Waals surface area (Å²) in [4.78, 5) is 12.0. The molecule has 0 unspecified atom stereocenters. The molecule has 0 saturated carbocycles. The van der Waals surface area contributed by atoms with Crippen molar-refractivity contribution in [2.45, 2.75) is 6.54 Å². The summed E-state index contributed by atoms with van der Waals surface area (Å²) in [5, 5.41) is 18.6. The number of hydrogen-bond donors (Lipinski definition) is 2. The summed E-state index contributed by atoms with van der Waals surface area (Å²) in [5.41, 5.74) is 0.614. The Morgan fingerprint density at radius 1 is 1.22 bits per heavy atom. The maximum absolute atomic E-state index is 12.0. The first-order valence-electron chi connectivity index (χ1n) is 6.97. The van der Waals surface area contributed by atoms with Gasteiger partial charge < -0.3 is 24.1 Å². The molecule has 2 N–H and O–H groups in total. The average Bonchev–Trinajstić information content (AvgIpc) is 2.49. The summed E-state index contributed by atoms with van der Waals surface area (Å²) in [6.45, 7) is 1.16. The summed E-state index contributed by atoms with van der Waals surface area (Å²) in [5.74, 6) is 0.597. The number of halogens is 1. The molecule has 122 valence electrons. The Hall–Kier alpha value is -1.80. The molecule has 0 aliphatic carbocycles. The summed E-state index contributed by atoms with van der Waals surface area (Å²) < 4.78 is 11.9. The molecule has 0 bridgehead atoms. The molecule has 1 aromatic carbocycles. The average molecular weight is 338 g/mol. The van der Waals surface area contributed by atoms with Gasteiger partial charge in [0.1, 0.15) is 12.4 Å². The van der Waals surface area contributed by atoms with E-state index in [1.54, 1.807) is 25.3 Å². The van der Waals surface area contributed by atoms with Crippen molar-refractivity contribution < 1.29 is 19.5 Å². The van der Waals surface area contributed by atoms with Gasteiger partial charge in [0, 0.05) is 24.4 Å². The van der Waals surface area contributed by atoms with E-state index in [-0.39, 0.29) is 11.0 Å². The molecule has 23 heavy (non-hydrogen) atoms. The number of nitrogens with zero attached hydrogens (tertiary/aromatic N) is 1. The van der Waals surface area contributed by atoms with Crippen LogP contribution >= 0.6 is 11.6 Å². The molecule has 0 atom stereocenters. The van der Waals surface area contributed by atoms with Gasteiger partial charge in [0.2, 0.25) is 5.56 Å². The predicted molar refractivity (Wildman–Crippen MR) is 88.5 cm³/mol. The van der Waals surface area contributed by atoms with E-state index in [1.807, 2.05) is 0 Å². The SMILES string of the molecule is COCCOc1cc(Cl)cc(Cn2ccc(B(O)O)cc2=O)c1. The normalized spacial score (nSPS) is 10.6. The van der Waals surface area contributed by atoms with E-state index in [0.717, 1.165) is 5.56 Å². The van der Waals surface area contributed by atoms with Gasteiger partial charge in [-0.2, -0.15) is 0 Å². The lowest BCUT2D eigenvalue weighted by Gasteiger charge is -2.11. The van der Waals surface area contributed by atoms with Crippen molar-refractivity contribution >= 4 is 24.2 Å². The minimum Gasteiger partial charge on any atom is -0.491 e. The van der Waals surface area contributed by atoms with Gasteiger partial charge >= 0.3 is 7.12 Å². The van der Waals surface area contributed by atoms with Crippen molar-refractivity contribution in [2.24, 2.45) is 0 Å². The second kappa shape index (κ2) is 8.17. The number of ether oxygens (including phenoxy) is 2. The van der Waals surface area contributed by atoms with Gasteiger partial charge in [0.25, 0.3) is 0 Å². The molecule has 0 saturated heterocycles. The molecule has 1 aromatic heterocycles. The fraction of sp³-hybridized carbons (Fsp3) is 0.267. The molecule has 0 fully saturated rings. The van der Waals surface area contributed by atoms with Crippen molar-refractivity contribution in [1.82, 2.24) is 4.57 Å². The Balaban J connectivity index is 2.18. The molecule has 0 aliphatic rings. The van der Waals surface area contributed by atoms with E-state index < -0.39 is 7.12 Å². The second-order valence-corrected chi connectivity index (χ2v) is 5.37. The number of pyridine rings is 1. The smallest absolute Gasteiger partial charge is 0.488 e. The summed E-state index contributed by atoms with van der Waals surface area (Å²) in [6.07, 6.45) is 1.50. The van der Waals surface area contributed by atoms with E-state index in [1.165, 1.54) is 22.9 Å². The van der Waals surface area contributed by atoms with Crippen LogP contribution in [0.2, 0.25) is 5.02 Å². The van der Waals surface area contributed by atoms with Crippen LogP contribution in [0, 0.1) is 0 Å². The zero-order valence-electron chi connectivity index (χ0n) is 12.6. The molecule has 6 nitrogen and oxygen atoms in total. The van der Waals surface area contributed by atoms with Crippen LogP contribution in [0.4, 0.5) is 0 Å². The third-order valence-corrected chi connectivity index (χ3v) is 3.38. The van der Waals surface area contributed by atoms with Gasteiger partial charge in [-0.1, -0.05) is 11.6 Å². The Kier molecular flexibility index (Phi) is 6.24. The van der Waals surface area contributed by atoms with Gasteiger partial charge in [0.15, 0.2) is 0 Å². The quantitative estimate of drug-likeness (QED) is 0.559. The molecule has 1 heterocycles. The second-order valence-electron chi connectivity index (χ2n) is 4.94. The Morgan fingerprint density at radius 2 is 2.00 bits per heavy atom. The van der Waals surface area contributed by atoms with Crippen molar-refractivity contribution in [3.05, 3.63) is 57.5 Å². The van der Waals surface area contributed by atoms with Crippen LogP contribution in [0.3, 0.4) is 0 Å². The fourth-order valence-electron chi connectivity index (χ4n) is 2.05. The maximum atomic E-state index is 12.0. The Morgan fingerprint density at radius 3 is 2.65 bits per heavy atom. The first kappa shape index (κ1) is 17.6. The molecule has 8 heteroatoms. The molecule has 2 aromatic rings. The molecule has 0 amide bonds. The largest absolute Gasteiger partial charge is 0.491 e. The highest BCUT2D eigenvalue weighted by atomic mass is 35.5. The third-order valence-electron chi connectivity index (χ3n) is 3.16. The highest BCUT2D eigenvalue weighted by molar-refractivity contribution is 6.58. The van der Waals surface area contributed by atoms with Gasteiger partial charge in [-0.15, -0.1) is 0 Å². The van der Waals surface area contributed by atoms with Crippen LogP contribution < -0.4 is 15.8 Å². The van der Waals surface area contributed by atoms with E-state index in [0.29, 0.717) is 30.5 Å². The minimum atomic E-state index is -1.66. The van der Waals surface area contributed by atoms with Crippen LogP contribution in [0.15, 0.2) is 41.3 Å². The predicted octanol–water partition coefficient (Wildman–Crippen LogP) is 0.255. The van der Waals surface area contributed by atoms with Gasteiger partial charge in [-0.25, -0.2) is 0 Å². The van der Waals surface area contributed by atoms with Crippen molar-refractivity contribution in [3.63, 3.8) is 0 Å². The van der Waals surface area contributed by atoms with Gasteiger partial charge in [0.05, 0.1) is 13.2 Å². The zero-order chi connectivity index (χ0) is 16.8. The lowest BCUT2D eigenvalue weighted by molar-refractivity contribution is 0.146. The highest BCUT2D eigenvalue weighted by Crippen LogP contribution is 2.21. The lowest BCUT2D eigenvalue weighted by atomic mass is 9.81. The standard InChI is InChI=1S/C15H17BClNO5/c1-22-4-5-23-14-7-11(6-13(17)9-14)10-18-3-2-12(16(20)21)8-15(18)19/h2-3,6-9,20-21H,4-5,10H2,1H3. The van der Waals surface area contributed by atoms with Gasteiger partial charge in [-0.05, 0) is 35.3 Å². The zero-order valence-corrected chi connectivity index (χ0v) is 13.4. The van der Waals surface area contributed by atoms with Crippen molar-refractivity contribution in [3.8, 4) is 5.75 Å². The van der Waals surface area contributed by atoms with Crippen LogP contribution in [0.1, 0.15) is 5.56 Å². The molecule has 0 aliphatic heterocycles. The topological polar surface area (TPSA) is 80.9 Å². The number of aromatic nitrogens is 1. The van der Waals surface area contributed by atoms with Crippen LogP contribution in [0.25, 0.3) is 0 Å². The third kappa shape index (κ3) is 5.11. The first-order valence-corrected chi connectivity index (χ1v) is 7.35. The van der Waals surface area contributed by atoms with Crippen LogP contribution in [0.5, 0.6) is 5.75 Å². The number of rotatable bonds is 7. The number of benzene rings is 1. The molecular weight excluding hydrogens is 320 g/mol. The molecular formula is C15H17BClNO5. The molecule has 0 spiro atoms. The Labute approximate surface area is 139 Å². The summed E-state index contributed by atoms with van der Waals surface area (Å²) >= 11 is 6.07. The highest BCUT2D eigenvalue weighted by Gasteiger charge is 2.12. The summed E-state index contributed by atoms with van der Waals surface area (Å²) in [6, 6.07) is 7.89. The monoisotopic (exact) mass is 337 g/mol. The first-order chi connectivity index (χ1) is 11.0. The van der Waals surface area contributed by atoms with Crippen LogP contribution in [-0.2, 0) is 11.3 Å². The van der Waals surface area contributed by atoms with Crippen molar-refractivity contribution in [1.29, 1.82) is 0 Å². The minimum absolute atomic E-state index is 0.154. The van der Waals surface area contributed by atoms with Crippen LogP contribution in [-0.4, -0.2) is 42.1 Å². The van der Waals surface area contributed by atoms with E-state index >= 15 is 0 Å². The van der Waals surface area contributed by atoms with E-state index in [2.05, 4.69) is 0 Å². The molecule has 0 radical (unpaired) electrons. The number of methoxy groups -OCH3 is 1. The van der Waals surface area contributed by atoms with E-state index in [9.17, 15) is 4.79 Å². The summed E-state index contributed by atoms with van der Waals surface area (Å²) in [7, 11) is -0.0732. The van der Waals surface area contributed by atoms with E-state index in [4.69, 9.17) is 31.1 Å². The lowest BCUT2D eigenvalue weighted by Crippen LogP contribution is -2.35. The van der Waals surface area contributed by atoms with Crippen molar-refractivity contribution in [2.75, 3.05) is 20.3 Å². The van der Waals surface area contributed by atoms with Gasteiger partial charge in [-0.3, -0.25) is 4.79 Å². The Bertz CT molecular complexity index is 719. The number of hydrogen-bond acceptors (Lipinski definition) is 5. The maximum Gasteiger partial charge on any atom is 0.488 e.